The fraction of sp³-hybridized carbons (Fsp3) is 0.316. The molecule has 0 aromatic heterocycles. The number of anilines is 2. The van der Waals surface area contributed by atoms with E-state index in [1.807, 2.05) is 23.1 Å². The number of benzene rings is 2. The van der Waals surface area contributed by atoms with Crippen LogP contribution in [-0.4, -0.2) is 31.8 Å². The van der Waals surface area contributed by atoms with Gasteiger partial charge in [0.15, 0.2) is 11.5 Å². The third-order valence-corrected chi connectivity index (χ3v) is 4.53. The van der Waals surface area contributed by atoms with Gasteiger partial charge in [0.05, 0.1) is 11.4 Å². The van der Waals surface area contributed by atoms with Gasteiger partial charge in [0, 0.05) is 24.7 Å². The molecule has 2 heterocycles. The Labute approximate surface area is 141 Å². The summed E-state index contributed by atoms with van der Waals surface area (Å²) in [6.07, 6.45) is 0. The van der Waals surface area contributed by atoms with Crippen molar-refractivity contribution in [1.82, 2.24) is 0 Å². The predicted octanol–water partition coefficient (Wildman–Crippen LogP) is 3.29. The molecule has 0 atom stereocenters. The smallest absolute Gasteiger partial charge is 0.258 e. The van der Waals surface area contributed by atoms with Gasteiger partial charge in [-0.25, -0.2) is 0 Å². The van der Waals surface area contributed by atoms with Crippen molar-refractivity contribution in [1.29, 1.82) is 0 Å². The van der Waals surface area contributed by atoms with Crippen molar-refractivity contribution in [3.8, 4) is 11.5 Å². The molecule has 0 fully saturated rings. The molecule has 24 heavy (non-hydrogen) atoms. The van der Waals surface area contributed by atoms with E-state index in [2.05, 4.69) is 24.8 Å². The summed E-state index contributed by atoms with van der Waals surface area (Å²) in [6, 6.07) is 13.8. The first-order chi connectivity index (χ1) is 11.6. The molecule has 1 amide bonds. The number of carbonyl (C=O) groups is 1. The third kappa shape index (κ3) is 2.37. The van der Waals surface area contributed by atoms with Gasteiger partial charge in [-0.05, 0) is 44.2 Å². The highest BCUT2D eigenvalue weighted by atomic mass is 16.7. The molecule has 0 aliphatic carbocycles. The molecule has 0 spiro atoms. The predicted molar refractivity (Wildman–Crippen MR) is 93.2 cm³/mol. The average Bonchev–Trinajstić information content (AvgIpc) is 3.07. The summed E-state index contributed by atoms with van der Waals surface area (Å²) < 4.78 is 10.7. The van der Waals surface area contributed by atoms with Crippen molar-refractivity contribution in [2.45, 2.75) is 19.9 Å². The Morgan fingerprint density at radius 1 is 1.00 bits per heavy atom. The van der Waals surface area contributed by atoms with Crippen molar-refractivity contribution in [3.63, 3.8) is 0 Å². The first-order valence-corrected chi connectivity index (χ1v) is 8.22. The number of hydrogen-bond acceptors (Lipinski definition) is 4. The van der Waals surface area contributed by atoms with Crippen LogP contribution in [0.25, 0.3) is 0 Å². The van der Waals surface area contributed by atoms with Crippen LogP contribution in [0.15, 0.2) is 42.5 Å². The van der Waals surface area contributed by atoms with Crippen LogP contribution in [0.1, 0.15) is 24.2 Å². The zero-order valence-corrected chi connectivity index (χ0v) is 13.9. The standard InChI is InChI=1S/C19H20N2O3/c1-13(2)20-9-10-21(16-6-4-3-5-15(16)20)19(22)14-7-8-17-18(11-14)24-12-23-17/h3-8,11,13H,9-10,12H2,1-2H3. The molecule has 0 saturated heterocycles. The van der Waals surface area contributed by atoms with E-state index in [4.69, 9.17) is 9.47 Å². The normalized spacial score (nSPS) is 15.6. The maximum atomic E-state index is 13.0. The minimum absolute atomic E-state index is 0.0100. The summed E-state index contributed by atoms with van der Waals surface area (Å²) in [5.41, 5.74) is 2.68. The highest BCUT2D eigenvalue weighted by Gasteiger charge is 2.29. The molecule has 0 N–H and O–H groups in total. The van der Waals surface area contributed by atoms with Gasteiger partial charge in [-0.3, -0.25) is 4.79 Å². The van der Waals surface area contributed by atoms with Crippen molar-refractivity contribution < 1.29 is 14.3 Å². The fourth-order valence-corrected chi connectivity index (χ4v) is 3.32. The molecule has 2 aliphatic rings. The maximum absolute atomic E-state index is 13.0. The minimum Gasteiger partial charge on any atom is -0.454 e. The molecule has 2 aromatic rings. The molecule has 2 aliphatic heterocycles. The monoisotopic (exact) mass is 324 g/mol. The van der Waals surface area contributed by atoms with Crippen molar-refractivity contribution in [2.75, 3.05) is 29.7 Å². The molecule has 124 valence electrons. The van der Waals surface area contributed by atoms with Crippen LogP contribution in [0.5, 0.6) is 11.5 Å². The molecule has 2 aromatic carbocycles. The lowest BCUT2D eigenvalue weighted by atomic mass is 10.1. The van der Waals surface area contributed by atoms with Gasteiger partial charge < -0.3 is 19.3 Å². The number of carbonyl (C=O) groups excluding carboxylic acids is 1. The van der Waals surface area contributed by atoms with E-state index in [1.165, 1.54) is 0 Å². The van der Waals surface area contributed by atoms with E-state index in [0.29, 0.717) is 29.6 Å². The van der Waals surface area contributed by atoms with E-state index in [0.717, 1.165) is 17.9 Å². The highest BCUT2D eigenvalue weighted by Crippen LogP contribution is 2.37. The lowest BCUT2D eigenvalue weighted by Gasteiger charge is -2.40. The van der Waals surface area contributed by atoms with Crippen LogP contribution in [0, 0.1) is 0 Å². The molecule has 0 saturated carbocycles. The highest BCUT2D eigenvalue weighted by molar-refractivity contribution is 6.08. The molecule has 0 unspecified atom stereocenters. The van der Waals surface area contributed by atoms with Gasteiger partial charge in [0.1, 0.15) is 0 Å². The first kappa shape index (κ1) is 14.9. The summed E-state index contributed by atoms with van der Waals surface area (Å²) in [4.78, 5) is 17.2. The quantitative estimate of drug-likeness (QED) is 0.850. The van der Waals surface area contributed by atoms with Crippen molar-refractivity contribution in [3.05, 3.63) is 48.0 Å². The Hall–Kier alpha value is -2.69. The van der Waals surface area contributed by atoms with Gasteiger partial charge in [0.25, 0.3) is 5.91 Å². The largest absolute Gasteiger partial charge is 0.454 e. The van der Waals surface area contributed by atoms with Crippen LogP contribution in [0.4, 0.5) is 11.4 Å². The first-order valence-electron chi connectivity index (χ1n) is 8.22. The van der Waals surface area contributed by atoms with Crippen LogP contribution in [0.2, 0.25) is 0 Å². The average molecular weight is 324 g/mol. The number of ether oxygens (including phenoxy) is 2. The third-order valence-electron chi connectivity index (χ3n) is 4.53. The lowest BCUT2D eigenvalue weighted by Crippen LogP contribution is -2.46. The Morgan fingerprint density at radius 2 is 1.75 bits per heavy atom. The van der Waals surface area contributed by atoms with Gasteiger partial charge in [-0.2, -0.15) is 0 Å². The Bertz CT molecular complexity index is 788. The summed E-state index contributed by atoms with van der Waals surface area (Å²) in [7, 11) is 0. The SMILES string of the molecule is CC(C)N1CCN(C(=O)c2ccc3c(c2)OCO3)c2ccccc21. The number of hydrogen-bond donors (Lipinski definition) is 0. The minimum atomic E-state index is -0.0100. The van der Waals surface area contributed by atoms with E-state index < -0.39 is 0 Å². The van der Waals surface area contributed by atoms with Crippen LogP contribution in [-0.2, 0) is 0 Å². The summed E-state index contributed by atoms with van der Waals surface area (Å²) in [5, 5.41) is 0. The molecule has 0 radical (unpaired) electrons. The van der Waals surface area contributed by atoms with Crippen molar-refractivity contribution in [2.24, 2.45) is 0 Å². The van der Waals surface area contributed by atoms with E-state index in [1.54, 1.807) is 18.2 Å². The zero-order valence-electron chi connectivity index (χ0n) is 13.9. The number of fused-ring (bicyclic) bond motifs is 2. The van der Waals surface area contributed by atoms with E-state index in [9.17, 15) is 4.79 Å². The second-order valence-electron chi connectivity index (χ2n) is 6.30. The van der Waals surface area contributed by atoms with Crippen molar-refractivity contribution >= 4 is 17.3 Å². The lowest BCUT2D eigenvalue weighted by molar-refractivity contribution is 0.0986. The van der Waals surface area contributed by atoms with Crippen LogP contribution in [0.3, 0.4) is 0 Å². The Kier molecular flexibility index (Phi) is 3.56. The van der Waals surface area contributed by atoms with Crippen LogP contribution >= 0.6 is 0 Å². The second kappa shape index (κ2) is 5.74. The van der Waals surface area contributed by atoms with E-state index in [-0.39, 0.29) is 12.7 Å². The summed E-state index contributed by atoms with van der Waals surface area (Å²) in [6.45, 7) is 6.05. The van der Waals surface area contributed by atoms with Gasteiger partial charge in [-0.15, -0.1) is 0 Å². The van der Waals surface area contributed by atoms with Gasteiger partial charge in [-0.1, -0.05) is 12.1 Å². The Morgan fingerprint density at radius 3 is 2.54 bits per heavy atom. The summed E-state index contributed by atoms with van der Waals surface area (Å²) in [5.74, 6) is 1.32. The number of nitrogens with zero attached hydrogens (tertiary/aromatic N) is 2. The number of amides is 1. The zero-order chi connectivity index (χ0) is 16.7. The molecule has 4 rings (SSSR count). The van der Waals surface area contributed by atoms with Crippen LogP contribution < -0.4 is 19.3 Å². The van der Waals surface area contributed by atoms with Gasteiger partial charge in [0.2, 0.25) is 6.79 Å². The second-order valence-corrected chi connectivity index (χ2v) is 6.30. The molecule has 0 bridgehead atoms. The summed E-state index contributed by atoms with van der Waals surface area (Å²) >= 11 is 0. The van der Waals surface area contributed by atoms with E-state index >= 15 is 0 Å². The number of para-hydroxylation sites is 2. The maximum Gasteiger partial charge on any atom is 0.258 e. The van der Waals surface area contributed by atoms with Gasteiger partial charge >= 0.3 is 0 Å². The fourth-order valence-electron chi connectivity index (χ4n) is 3.32. The number of rotatable bonds is 2. The molecular formula is C19H20N2O3. The topological polar surface area (TPSA) is 42.0 Å². The molecule has 5 nitrogen and oxygen atoms in total. The Balaban J connectivity index is 1.69. The molecular weight excluding hydrogens is 304 g/mol. The molecule has 5 heteroatoms.